The minimum absolute atomic E-state index is 0.0241. The molecule has 1 fully saturated rings. The molecule has 1 aliphatic rings. The lowest BCUT2D eigenvalue weighted by Crippen LogP contribution is -2.40. The number of carbonyl (C=O) groups excluding carboxylic acids is 2. The average Bonchev–Trinajstić information content (AvgIpc) is 3.16. The van der Waals surface area contributed by atoms with Gasteiger partial charge in [-0.1, -0.05) is 10.6 Å². The fraction of sp³-hybridized carbons (Fsp3) is 0.550. The topological polar surface area (TPSA) is 79.3 Å². The van der Waals surface area contributed by atoms with E-state index in [1.807, 2.05) is 37.1 Å². The van der Waals surface area contributed by atoms with Gasteiger partial charge in [-0.25, -0.2) is 0 Å². The summed E-state index contributed by atoms with van der Waals surface area (Å²) in [5, 5.41) is 3.94. The summed E-state index contributed by atoms with van der Waals surface area (Å²) in [6.07, 6.45) is 5.91. The number of rotatable bonds is 7. The van der Waals surface area contributed by atoms with Gasteiger partial charge in [0.05, 0.1) is 5.69 Å². The van der Waals surface area contributed by atoms with Crippen LogP contribution in [-0.2, 0) is 11.2 Å². The Bertz CT molecular complexity index is 795. The van der Waals surface area contributed by atoms with Gasteiger partial charge in [-0.3, -0.25) is 14.6 Å². The van der Waals surface area contributed by atoms with E-state index in [9.17, 15) is 9.59 Å². The van der Waals surface area contributed by atoms with Crippen molar-refractivity contribution in [2.45, 2.75) is 39.0 Å². The maximum Gasteiger partial charge on any atom is 0.267 e. The fourth-order valence-corrected chi connectivity index (χ4v) is 4.15. The van der Waals surface area contributed by atoms with Crippen molar-refractivity contribution in [2.24, 2.45) is 5.92 Å². The molecule has 28 heavy (non-hydrogen) atoms. The molecule has 0 saturated carbocycles. The molecule has 2 amide bonds. The summed E-state index contributed by atoms with van der Waals surface area (Å²) in [7, 11) is 1.85. The van der Waals surface area contributed by atoms with Gasteiger partial charge >= 0.3 is 0 Å². The smallest absolute Gasteiger partial charge is 0.267 e. The Morgan fingerprint density at radius 1 is 1.36 bits per heavy atom. The molecule has 3 heterocycles. The van der Waals surface area contributed by atoms with Gasteiger partial charge < -0.3 is 9.80 Å². The molecule has 3 rings (SSSR count). The first-order chi connectivity index (χ1) is 13.5. The van der Waals surface area contributed by atoms with Gasteiger partial charge in [-0.05, 0) is 55.8 Å². The van der Waals surface area contributed by atoms with Crippen molar-refractivity contribution in [3.05, 3.63) is 40.7 Å². The quantitative estimate of drug-likeness (QED) is 0.712. The number of likely N-dealkylation sites (N-methyl/N-ethyl adjacent to an activating group) is 1. The predicted molar refractivity (Wildman–Crippen MR) is 108 cm³/mol. The lowest BCUT2D eigenvalue weighted by Gasteiger charge is -2.32. The molecule has 0 aromatic carbocycles. The Balaban J connectivity index is 1.44. The van der Waals surface area contributed by atoms with Crippen LogP contribution in [0.25, 0.3) is 0 Å². The monoisotopic (exact) mass is 401 g/mol. The van der Waals surface area contributed by atoms with Crippen molar-refractivity contribution in [2.75, 3.05) is 26.7 Å². The maximum absolute atomic E-state index is 12.7. The number of aryl methyl sites for hydroxylation is 1. The van der Waals surface area contributed by atoms with E-state index in [1.165, 1.54) is 0 Å². The summed E-state index contributed by atoms with van der Waals surface area (Å²) >= 11 is 1.16. The van der Waals surface area contributed by atoms with Crippen LogP contribution in [0.2, 0.25) is 0 Å². The SMILES string of the molecule is Cc1nnsc1C(=O)N1CCC[C@H](CCC(=O)N(C)CCc2ccccn2)C1. The molecule has 0 aliphatic carbocycles. The molecule has 150 valence electrons. The predicted octanol–water partition coefficient (Wildman–Crippen LogP) is 2.58. The van der Waals surface area contributed by atoms with Crippen LogP contribution in [0.15, 0.2) is 24.4 Å². The highest BCUT2D eigenvalue weighted by Gasteiger charge is 2.27. The Hall–Kier alpha value is -2.35. The lowest BCUT2D eigenvalue weighted by atomic mass is 9.93. The Morgan fingerprint density at radius 3 is 2.93 bits per heavy atom. The van der Waals surface area contributed by atoms with E-state index in [0.29, 0.717) is 36.0 Å². The summed E-state index contributed by atoms with van der Waals surface area (Å²) in [6.45, 7) is 3.96. The Morgan fingerprint density at radius 2 is 2.21 bits per heavy atom. The molecule has 1 aliphatic heterocycles. The third-order valence-corrected chi connectivity index (χ3v) is 6.09. The molecule has 0 bridgehead atoms. The van der Waals surface area contributed by atoms with Crippen molar-refractivity contribution in [3.8, 4) is 0 Å². The molecular formula is C20H27N5O2S. The van der Waals surface area contributed by atoms with Crippen LogP contribution >= 0.6 is 11.5 Å². The van der Waals surface area contributed by atoms with Crippen molar-refractivity contribution < 1.29 is 9.59 Å². The van der Waals surface area contributed by atoms with Crippen LogP contribution in [0, 0.1) is 12.8 Å². The molecule has 8 heteroatoms. The van der Waals surface area contributed by atoms with E-state index in [4.69, 9.17) is 0 Å². The molecule has 7 nitrogen and oxygen atoms in total. The first-order valence-electron chi connectivity index (χ1n) is 9.76. The molecular weight excluding hydrogens is 374 g/mol. The summed E-state index contributed by atoms with van der Waals surface area (Å²) in [5.74, 6) is 0.546. The normalized spacial score (nSPS) is 16.8. The number of nitrogens with zero attached hydrogens (tertiary/aromatic N) is 5. The molecule has 0 unspecified atom stereocenters. The summed E-state index contributed by atoms with van der Waals surface area (Å²) < 4.78 is 3.86. The van der Waals surface area contributed by atoms with E-state index < -0.39 is 0 Å². The molecule has 2 aromatic rings. The van der Waals surface area contributed by atoms with E-state index in [1.54, 1.807) is 11.1 Å². The number of piperidine rings is 1. The molecule has 2 aromatic heterocycles. The van der Waals surface area contributed by atoms with Crippen molar-refractivity contribution >= 4 is 23.3 Å². The summed E-state index contributed by atoms with van der Waals surface area (Å²) in [5.41, 5.74) is 1.69. The van der Waals surface area contributed by atoms with Crippen LogP contribution < -0.4 is 0 Å². The largest absolute Gasteiger partial charge is 0.345 e. The van der Waals surface area contributed by atoms with Gasteiger partial charge in [0.15, 0.2) is 0 Å². The van der Waals surface area contributed by atoms with Gasteiger partial charge in [-0.2, -0.15) is 0 Å². The number of carbonyl (C=O) groups is 2. The molecule has 0 N–H and O–H groups in total. The zero-order valence-electron chi connectivity index (χ0n) is 16.5. The average molecular weight is 402 g/mol. The van der Waals surface area contributed by atoms with Crippen molar-refractivity contribution in [1.82, 2.24) is 24.4 Å². The minimum atomic E-state index is 0.0241. The summed E-state index contributed by atoms with van der Waals surface area (Å²) in [6, 6.07) is 5.83. The second-order valence-corrected chi connectivity index (χ2v) is 8.13. The highest BCUT2D eigenvalue weighted by atomic mass is 32.1. The number of likely N-dealkylation sites (tertiary alicyclic amines) is 1. The van der Waals surface area contributed by atoms with E-state index in [2.05, 4.69) is 14.6 Å². The van der Waals surface area contributed by atoms with Crippen molar-refractivity contribution in [1.29, 1.82) is 0 Å². The minimum Gasteiger partial charge on any atom is -0.345 e. The number of hydrogen-bond donors (Lipinski definition) is 0. The zero-order chi connectivity index (χ0) is 19.9. The van der Waals surface area contributed by atoms with Gasteiger partial charge in [-0.15, -0.1) is 5.10 Å². The van der Waals surface area contributed by atoms with Gasteiger partial charge in [0.1, 0.15) is 4.88 Å². The fourth-order valence-electron chi connectivity index (χ4n) is 3.53. The number of aromatic nitrogens is 3. The summed E-state index contributed by atoms with van der Waals surface area (Å²) in [4.78, 5) is 33.7. The first kappa shape index (κ1) is 20.4. The molecule has 0 spiro atoms. The van der Waals surface area contributed by atoms with Crippen LogP contribution in [-0.4, -0.2) is 62.9 Å². The zero-order valence-corrected chi connectivity index (χ0v) is 17.3. The van der Waals surface area contributed by atoms with Gasteiger partial charge in [0.2, 0.25) is 5.91 Å². The van der Waals surface area contributed by atoms with E-state index in [-0.39, 0.29) is 11.8 Å². The third-order valence-electron chi connectivity index (χ3n) is 5.27. The van der Waals surface area contributed by atoms with E-state index in [0.717, 1.165) is 49.5 Å². The number of amides is 2. The third kappa shape index (κ3) is 5.34. The maximum atomic E-state index is 12.7. The Kier molecular flexibility index (Phi) is 7.08. The Labute approximate surface area is 169 Å². The van der Waals surface area contributed by atoms with Crippen LogP contribution in [0.1, 0.15) is 46.7 Å². The van der Waals surface area contributed by atoms with Gasteiger partial charge in [0.25, 0.3) is 5.91 Å². The van der Waals surface area contributed by atoms with Gasteiger partial charge in [0, 0.05) is 51.4 Å². The van der Waals surface area contributed by atoms with Crippen LogP contribution in [0.4, 0.5) is 0 Å². The van der Waals surface area contributed by atoms with Crippen LogP contribution in [0.5, 0.6) is 0 Å². The molecule has 1 saturated heterocycles. The molecule has 0 radical (unpaired) electrons. The second kappa shape index (κ2) is 9.73. The first-order valence-corrected chi connectivity index (χ1v) is 10.5. The highest BCUT2D eigenvalue weighted by molar-refractivity contribution is 7.07. The van der Waals surface area contributed by atoms with E-state index >= 15 is 0 Å². The van der Waals surface area contributed by atoms with Crippen molar-refractivity contribution in [3.63, 3.8) is 0 Å². The molecule has 1 atom stereocenters. The number of pyridine rings is 1. The standard InChI is InChI=1S/C20H27N5O2S/c1-15-19(28-23-22-15)20(27)25-12-5-6-16(14-25)8-9-18(26)24(2)13-10-17-7-3-4-11-21-17/h3-4,7,11,16H,5-6,8-10,12-14H2,1-2H3/t16-/m1/s1. The number of hydrogen-bond acceptors (Lipinski definition) is 6. The van der Waals surface area contributed by atoms with Crippen LogP contribution in [0.3, 0.4) is 0 Å². The lowest BCUT2D eigenvalue weighted by molar-refractivity contribution is -0.130. The highest BCUT2D eigenvalue weighted by Crippen LogP contribution is 2.24. The second-order valence-electron chi connectivity index (χ2n) is 7.37.